The highest BCUT2D eigenvalue weighted by Crippen LogP contribution is 2.28. The molecule has 2 rings (SSSR count). The largest absolute Gasteiger partial charge is 0.495 e. The number of aromatic nitrogens is 3. The van der Waals surface area contributed by atoms with Gasteiger partial charge in [0.15, 0.2) is 5.69 Å². The Morgan fingerprint density at radius 2 is 1.83 bits per heavy atom. The Kier molecular flexibility index (Phi) is 6.51. The van der Waals surface area contributed by atoms with Gasteiger partial charge in [0.25, 0.3) is 0 Å². The van der Waals surface area contributed by atoms with Crippen LogP contribution in [-0.2, 0) is 11.8 Å². The van der Waals surface area contributed by atoms with Gasteiger partial charge in [0, 0.05) is 12.7 Å². The Morgan fingerprint density at radius 3 is 2.29 bits per heavy atom. The number of carbonyl (C=O) groups excluding carboxylic acids is 1. The fraction of sp³-hybridized carbons (Fsp3) is 0.500. The normalized spacial score (nSPS) is 10.7. The molecule has 2 aromatic rings. The SMILES string of the molecule is CC.COc1ccc(-c2c(C(=O)OC(C)(C)C)nn(C)c2C)nc1. The highest BCUT2D eigenvalue weighted by molar-refractivity contribution is 5.95. The molecule has 6 heteroatoms. The predicted octanol–water partition coefficient (Wildman–Crippen LogP) is 3.78. The summed E-state index contributed by atoms with van der Waals surface area (Å²) in [6.07, 6.45) is 1.61. The Morgan fingerprint density at radius 1 is 1.21 bits per heavy atom. The Labute approximate surface area is 143 Å². The topological polar surface area (TPSA) is 66.2 Å². The first kappa shape index (κ1) is 19.7. The van der Waals surface area contributed by atoms with E-state index >= 15 is 0 Å². The van der Waals surface area contributed by atoms with Crippen molar-refractivity contribution in [3.8, 4) is 17.0 Å². The van der Waals surface area contributed by atoms with Crippen LogP contribution in [0.5, 0.6) is 5.75 Å². The van der Waals surface area contributed by atoms with Crippen LogP contribution in [0.2, 0.25) is 0 Å². The molecule has 132 valence electrons. The monoisotopic (exact) mass is 333 g/mol. The molecule has 0 aromatic carbocycles. The van der Waals surface area contributed by atoms with E-state index in [1.165, 1.54) is 0 Å². The number of rotatable bonds is 3. The first-order valence-electron chi connectivity index (χ1n) is 8.00. The van der Waals surface area contributed by atoms with Crippen LogP contribution in [0, 0.1) is 6.92 Å². The molecule has 0 saturated heterocycles. The summed E-state index contributed by atoms with van der Waals surface area (Å²) in [6.45, 7) is 11.4. The second kappa shape index (κ2) is 7.95. The molecule has 0 aliphatic heterocycles. The maximum absolute atomic E-state index is 12.4. The van der Waals surface area contributed by atoms with Gasteiger partial charge in [-0.3, -0.25) is 9.67 Å². The van der Waals surface area contributed by atoms with E-state index in [0.717, 1.165) is 5.69 Å². The zero-order valence-electron chi connectivity index (χ0n) is 15.8. The fourth-order valence-corrected chi connectivity index (χ4v) is 2.03. The maximum atomic E-state index is 12.4. The van der Waals surface area contributed by atoms with Crippen molar-refractivity contribution in [2.75, 3.05) is 7.11 Å². The summed E-state index contributed by atoms with van der Waals surface area (Å²) in [4.78, 5) is 16.7. The molecule has 0 saturated carbocycles. The summed E-state index contributed by atoms with van der Waals surface area (Å²) in [5.41, 5.74) is 1.88. The summed E-state index contributed by atoms with van der Waals surface area (Å²) in [5, 5.41) is 4.28. The molecule has 6 nitrogen and oxygen atoms in total. The summed E-state index contributed by atoms with van der Waals surface area (Å²) in [6, 6.07) is 3.60. The van der Waals surface area contributed by atoms with Crippen LogP contribution >= 0.6 is 0 Å². The smallest absolute Gasteiger partial charge is 0.360 e. The van der Waals surface area contributed by atoms with E-state index in [0.29, 0.717) is 17.0 Å². The van der Waals surface area contributed by atoms with Crippen molar-refractivity contribution >= 4 is 5.97 Å². The minimum absolute atomic E-state index is 0.271. The summed E-state index contributed by atoms with van der Waals surface area (Å²) in [7, 11) is 3.37. The molecule has 0 amide bonds. The third-order valence-corrected chi connectivity index (χ3v) is 3.15. The average Bonchev–Trinajstić information content (AvgIpc) is 2.84. The lowest BCUT2D eigenvalue weighted by molar-refractivity contribution is 0.00629. The van der Waals surface area contributed by atoms with Gasteiger partial charge >= 0.3 is 5.97 Å². The standard InChI is InChI=1S/C16H21N3O3.C2H6/c1-10-13(12-8-7-11(21-6)9-17-12)14(18-19(10)5)15(20)22-16(2,3)4;1-2/h7-9H,1-6H3;1-2H3. The van der Waals surface area contributed by atoms with Crippen LogP contribution in [0.4, 0.5) is 0 Å². The molecule has 0 spiro atoms. The molecule has 2 heterocycles. The number of nitrogens with zero attached hydrogens (tertiary/aromatic N) is 3. The molecule has 0 aliphatic rings. The third kappa shape index (κ3) is 4.57. The average molecular weight is 333 g/mol. The molecular formula is C18H27N3O3. The minimum atomic E-state index is -0.576. The van der Waals surface area contributed by atoms with Crippen molar-refractivity contribution in [2.24, 2.45) is 7.05 Å². The fourth-order valence-electron chi connectivity index (χ4n) is 2.03. The lowest BCUT2D eigenvalue weighted by atomic mass is 10.1. The molecule has 2 aromatic heterocycles. The van der Waals surface area contributed by atoms with Crippen LogP contribution in [0.3, 0.4) is 0 Å². The molecule has 0 radical (unpaired) electrons. The van der Waals surface area contributed by atoms with Crippen molar-refractivity contribution in [1.82, 2.24) is 14.8 Å². The van der Waals surface area contributed by atoms with E-state index in [9.17, 15) is 4.79 Å². The van der Waals surface area contributed by atoms with Crippen molar-refractivity contribution < 1.29 is 14.3 Å². The predicted molar refractivity (Wildman–Crippen MR) is 94.2 cm³/mol. The quantitative estimate of drug-likeness (QED) is 0.800. The molecule has 24 heavy (non-hydrogen) atoms. The van der Waals surface area contributed by atoms with E-state index in [1.807, 2.05) is 41.5 Å². The van der Waals surface area contributed by atoms with Gasteiger partial charge in [-0.15, -0.1) is 0 Å². The Hall–Kier alpha value is -2.37. The van der Waals surface area contributed by atoms with Crippen molar-refractivity contribution in [3.63, 3.8) is 0 Å². The van der Waals surface area contributed by atoms with Crippen molar-refractivity contribution in [3.05, 3.63) is 29.7 Å². The van der Waals surface area contributed by atoms with E-state index in [2.05, 4.69) is 10.1 Å². The number of pyridine rings is 1. The number of methoxy groups -OCH3 is 1. The minimum Gasteiger partial charge on any atom is -0.495 e. The first-order chi connectivity index (χ1) is 11.2. The Bertz CT molecular complexity index is 683. The highest BCUT2D eigenvalue weighted by Gasteiger charge is 2.26. The van der Waals surface area contributed by atoms with Crippen molar-refractivity contribution in [2.45, 2.75) is 47.1 Å². The highest BCUT2D eigenvalue weighted by atomic mass is 16.6. The second-order valence-electron chi connectivity index (χ2n) is 6.02. The first-order valence-corrected chi connectivity index (χ1v) is 8.00. The van der Waals surface area contributed by atoms with E-state index in [-0.39, 0.29) is 5.69 Å². The van der Waals surface area contributed by atoms with Gasteiger partial charge in [-0.2, -0.15) is 5.10 Å². The molecule has 0 N–H and O–H groups in total. The third-order valence-electron chi connectivity index (χ3n) is 3.15. The molecule has 0 fully saturated rings. The lowest BCUT2D eigenvalue weighted by Crippen LogP contribution is -2.24. The molecular weight excluding hydrogens is 306 g/mol. The van der Waals surface area contributed by atoms with Crippen LogP contribution < -0.4 is 4.74 Å². The summed E-state index contributed by atoms with van der Waals surface area (Å²) >= 11 is 0. The van der Waals surface area contributed by atoms with Gasteiger partial charge in [0.05, 0.1) is 24.6 Å². The van der Waals surface area contributed by atoms with Gasteiger partial charge in [0.2, 0.25) is 0 Å². The maximum Gasteiger partial charge on any atom is 0.360 e. The molecule has 0 bridgehead atoms. The number of hydrogen-bond donors (Lipinski definition) is 0. The molecule has 0 unspecified atom stereocenters. The van der Waals surface area contributed by atoms with E-state index < -0.39 is 11.6 Å². The van der Waals surface area contributed by atoms with E-state index in [4.69, 9.17) is 9.47 Å². The van der Waals surface area contributed by atoms with Crippen molar-refractivity contribution in [1.29, 1.82) is 0 Å². The zero-order chi connectivity index (χ0) is 18.5. The van der Waals surface area contributed by atoms with Gasteiger partial charge in [0.1, 0.15) is 11.4 Å². The van der Waals surface area contributed by atoms with Crippen LogP contribution in [0.15, 0.2) is 18.3 Å². The van der Waals surface area contributed by atoms with Gasteiger partial charge in [-0.1, -0.05) is 13.8 Å². The van der Waals surface area contributed by atoms with Gasteiger partial charge < -0.3 is 9.47 Å². The van der Waals surface area contributed by atoms with Crippen LogP contribution in [0.1, 0.15) is 50.8 Å². The van der Waals surface area contributed by atoms with Gasteiger partial charge in [-0.25, -0.2) is 4.79 Å². The Balaban J connectivity index is 0.00000139. The number of esters is 1. The lowest BCUT2D eigenvalue weighted by Gasteiger charge is -2.19. The summed E-state index contributed by atoms with van der Waals surface area (Å²) in [5.74, 6) is 0.202. The molecule has 0 atom stereocenters. The van der Waals surface area contributed by atoms with Crippen LogP contribution in [0.25, 0.3) is 11.3 Å². The zero-order valence-corrected chi connectivity index (χ0v) is 15.8. The number of hydrogen-bond acceptors (Lipinski definition) is 5. The van der Waals surface area contributed by atoms with E-state index in [1.54, 1.807) is 37.2 Å². The summed E-state index contributed by atoms with van der Waals surface area (Å²) < 4.78 is 12.2. The van der Waals surface area contributed by atoms with Crippen LogP contribution in [-0.4, -0.2) is 33.4 Å². The molecule has 0 aliphatic carbocycles. The number of ether oxygens (including phenoxy) is 2. The van der Waals surface area contributed by atoms with Gasteiger partial charge in [-0.05, 0) is 39.8 Å². The number of carbonyl (C=O) groups is 1. The number of aryl methyl sites for hydroxylation is 1. The second-order valence-corrected chi connectivity index (χ2v) is 6.02.